The zero-order chi connectivity index (χ0) is 28.5. The summed E-state index contributed by atoms with van der Waals surface area (Å²) in [6, 6.07) is 30.9. The van der Waals surface area contributed by atoms with E-state index in [2.05, 4.69) is 15.9 Å². The summed E-state index contributed by atoms with van der Waals surface area (Å²) < 4.78 is 20.3. The van der Waals surface area contributed by atoms with Crippen molar-refractivity contribution in [3.05, 3.63) is 125 Å². The van der Waals surface area contributed by atoms with E-state index in [1.165, 1.54) is 17.0 Å². The zero-order valence-electron chi connectivity index (χ0n) is 22.1. The van der Waals surface area contributed by atoms with Crippen LogP contribution in [0.5, 0.6) is 5.75 Å². The average molecular weight is 607 g/mol. The summed E-state index contributed by atoms with van der Waals surface area (Å²) >= 11 is 3.48. The number of Topliss-reactive ketones (excluding diaryl/α,β-unsaturated/α-hetero) is 1. The summed E-state index contributed by atoms with van der Waals surface area (Å²) in [6.07, 6.45) is 0. The van der Waals surface area contributed by atoms with Crippen LogP contribution in [0.3, 0.4) is 0 Å². The fourth-order valence-corrected chi connectivity index (χ4v) is 5.03. The molecular formula is C34H24BrFN2O3. The summed E-state index contributed by atoms with van der Waals surface area (Å²) in [6.45, 7) is 1.72. The van der Waals surface area contributed by atoms with Gasteiger partial charge < -0.3 is 4.74 Å². The zero-order valence-corrected chi connectivity index (χ0v) is 23.7. The third-order valence-electron chi connectivity index (χ3n) is 7.02. The Hall–Kier alpha value is -4.62. The number of benzene rings is 4. The van der Waals surface area contributed by atoms with Crippen LogP contribution in [0.15, 0.2) is 108 Å². The van der Waals surface area contributed by atoms with Crippen LogP contribution >= 0.6 is 15.9 Å². The van der Waals surface area contributed by atoms with Gasteiger partial charge in [0.1, 0.15) is 11.6 Å². The second-order valence-electron chi connectivity index (χ2n) is 9.88. The van der Waals surface area contributed by atoms with E-state index in [4.69, 9.17) is 9.72 Å². The Balaban J connectivity index is 1.42. The van der Waals surface area contributed by atoms with Crippen molar-refractivity contribution in [2.45, 2.75) is 6.92 Å². The van der Waals surface area contributed by atoms with Crippen LogP contribution in [0, 0.1) is 12.7 Å². The molecule has 0 unspecified atom stereocenters. The number of halogens is 2. The minimum atomic E-state index is -0.309. The number of aromatic nitrogens is 1. The summed E-state index contributed by atoms with van der Waals surface area (Å²) in [5, 5.41) is 0. The first-order valence-corrected chi connectivity index (χ1v) is 13.8. The highest BCUT2D eigenvalue weighted by molar-refractivity contribution is 9.10. The minimum absolute atomic E-state index is 0.102. The van der Waals surface area contributed by atoms with Gasteiger partial charge in [-0.05, 0) is 72.6 Å². The number of fused-ring (bicyclic) bond motifs is 1. The van der Waals surface area contributed by atoms with Crippen LogP contribution < -0.4 is 9.64 Å². The molecule has 1 amide bonds. The average Bonchev–Trinajstić information content (AvgIpc) is 2.99. The monoisotopic (exact) mass is 606 g/mol. The van der Waals surface area contributed by atoms with Gasteiger partial charge in [0.2, 0.25) is 0 Å². The highest BCUT2D eigenvalue weighted by atomic mass is 79.9. The van der Waals surface area contributed by atoms with Gasteiger partial charge in [-0.2, -0.15) is 0 Å². The van der Waals surface area contributed by atoms with E-state index in [-0.39, 0.29) is 30.7 Å². The van der Waals surface area contributed by atoms with Gasteiger partial charge >= 0.3 is 0 Å². The molecule has 0 spiro atoms. The molecule has 1 aliphatic heterocycles. The van der Waals surface area contributed by atoms with Crippen molar-refractivity contribution in [2.24, 2.45) is 0 Å². The molecule has 1 aromatic heterocycles. The molecule has 0 aliphatic carbocycles. The van der Waals surface area contributed by atoms with E-state index < -0.39 is 0 Å². The first-order valence-electron chi connectivity index (χ1n) is 13.1. The summed E-state index contributed by atoms with van der Waals surface area (Å²) in [5.74, 6) is -0.243. The predicted octanol–water partition coefficient (Wildman–Crippen LogP) is 7.90. The van der Waals surface area contributed by atoms with Crippen LogP contribution in [0.4, 0.5) is 10.1 Å². The molecule has 1 aliphatic rings. The molecule has 5 aromatic rings. The number of aryl methyl sites for hydroxylation is 1. The Morgan fingerprint density at radius 1 is 0.829 bits per heavy atom. The van der Waals surface area contributed by atoms with Crippen LogP contribution in [0.2, 0.25) is 0 Å². The van der Waals surface area contributed by atoms with E-state index >= 15 is 0 Å². The summed E-state index contributed by atoms with van der Waals surface area (Å²) in [4.78, 5) is 32.5. The third-order valence-corrected chi connectivity index (χ3v) is 7.54. The van der Waals surface area contributed by atoms with Crippen LogP contribution in [-0.4, -0.2) is 29.8 Å². The lowest BCUT2D eigenvalue weighted by Crippen LogP contribution is -2.42. The van der Waals surface area contributed by atoms with Crippen molar-refractivity contribution in [3.8, 4) is 39.4 Å². The first-order chi connectivity index (χ1) is 19.8. The van der Waals surface area contributed by atoms with E-state index in [0.29, 0.717) is 22.7 Å². The van der Waals surface area contributed by atoms with E-state index in [1.807, 2.05) is 67.6 Å². The third kappa shape index (κ3) is 5.67. The van der Waals surface area contributed by atoms with Gasteiger partial charge in [0.05, 0.1) is 23.6 Å². The lowest BCUT2D eigenvalue weighted by atomic mass is 9.99. The number of hydrogen-bond donors (Lipinski definition) is 0. The highest BCUT2D eigenvalue weighted by Crippen LogP contribution is 2.38. The lowest BCUT2D eigenvalue weighted by Gasteiger charge is -2.29. The standard InChI is InChI=1S/C34H24BrFN2O3/c1-21-2-4-24(5-3-21)32(39)19-38-31-18-25(10-15-33(31)41-20-34(38)40)30-17-26(22-8-13-28(36)14-9-22)16-29(37-30)23-6-11-27(35)12-7-23/h2-18H,19-20H2,1H3. The number of ether oxygens (including phenoxy) is 1. The summed E-state index contributed by atoms with van der Waals surface area (Å²) in [7, 11) is 0. The molecule has 0 fully saturated rings. The van der Waals surface area contributed by atoms with Gasteiger partial charge in [-0.15, -0.1) is 0 Å². The largest absolute Gasteiger partial charge is 0.482 e. The molecule has 41 heavy (non-hydrogen) atoms. The molecule has 2 heterocycles. The van der Waals surface area contributed by atoms with Gasteiger partial charge in [-0.3, -0.25) is 14.5 Å². The number of pyridine rings is 1. The quantitative estimate of drug-likeness (QED) is 0.184. The molecular weight excluding hydrogens is 583 g/mol. The topological polar surface area (TPSA) is 59.5 Å². The number of rotatable bonds is 6. The number of carbonyl (C=O) groups is 2. The number of carbonyl (C=O) groups excluding carboxylic acids is 2. The normalized spacial score (nSPS) is 12.6. The SMILES string of the molecule is Cc1ccc(C(=O)CN2C(=O)COc3ccc(-c4cc(-c5ccc(F)cc5)cc(-c5ccc(Br)cc5)n4)cc32)cc1. The van der Waals surface area contributed by atoms with Crippen molar-refractivity contribution < 1.29 is 18.7 Å². The molecule has 0 N–H and O–H groups in total. The molecule has 7 heteroatoms. The van der Waals surface area contributed by atoms with Crippen LogP contribution in [-0.2, 0) is 4.79 Å². The fraction of sp³-hybridized carbons (Fsp3) is 0.0882. The molecule has 0 atom stereocenters. The Morgan fingerprint density at radius 3 is 2.17 bits per heavy atom. The number of hydrogen-bond acceptors (Lipinski definition) is 4. The van der Waals surface area contributed by atoms with Crippen LogP contribution in [0.25, 0.3) is 33.6 Å². The maximum atomic E-state index is 13.7. The van der Waals surface area contributed by atoms with Gasteiger partial charge in [-0.1, -0.05) is 70.0 Å². The lowest BCUT2D eigenvalue weighted by molar-refractivity contribution is -0.121. The van der Waals surface area contributed by atoms with Gasteiger partial charge in [0.15, 0.2) is 12.4 Å². The fourth-order valence-electron chi connectivity index (χ4n) is 4.77. The molecule has 0 saturated heterocycles. The smallest absolute Gasteiger partial charge is 0.265 e. The maximum Gasteiger partial charge on any atom is 0.265 e. The molecule has 4 aromatic carbocycles. The van der Waals surface area contributed by atoms with Crippen molar-refractivity contribution in [1.82, 2.24) is 4.98 Å². The van der Waals surface area contributed by atoms with E-state index in [0.717, 1.165) is 38.0 Å². The maximum absolute atomic E-state index is 13.7. The van der Waals surface area contributed by atoms with Gasteiger partial charge in [0.25, 0.3) is 5.91 Å². The Morgan fingerprint density at radius 2 is 1.46 bits per heavy atom. The van der Waals surface area contributed by atoms with Gasteiger partial charge in [0, 0.05) is 21.2 Å². The first kappa shape index (κ1) is 26.6. The van der Waals surface area contributed by atoms with Crippen LogP contribution in [0.1, 0.15) is 15.9 Å². The number of amides is 1. The van der Waals surface area contributed by atoms with Gasteiger partial charge in [-0.25, -0.2) is 9.37 Å². The molecule has 202 valence electrons. The van der Waals surface area contributed by atoms with E-state index in [1.54, 1.807) is 30.3 Å². The second-order valence-corrected chi connectivity index (χ2v) is 10.8. The predicted molar refractivity (Wildman–Crippen MR) is 162 cm³/mol. The van der Waals surface area contributed by atoms with Crippen molar-refractivity contribution in [1.29, 1.82) is 0 Å². The minimum Gasteiger partial charge on any atom is -0.482 e. The Labute approximate surface area is 245 Å². The number of ketones is 1. The Kier molecular flexibility index (Phi) is 7.20. The number of nitrogens with zero attached hydrogens (tertiary/aromatic N) is 2. The molecule has 0 radical (unpaired) electrons. The molecule has 0 saturated carbocycles. The summed E-state index contributed by atoms with van der Waals surface area (Å²) in [5.41, 5.74) is 6.88. The molecule has 0 bridgehead atoms. The van der Waals surface area contributed by atoms with Crippen molar-refractivity contribution in [3.63, 3.8) is 0 Å². The number of anilines is 1. The van der Waals surface area contributed by atoms with E-state index in [9.17, 15) is 14.0 Å². The van der Waals surface area contributed by atoms with Crippen molar-refractivity contribution >= 4 is 33.3 Å². The Bertz CT molecular complexity index is 1700. The van der Waals surface area contributed by atoms with Crippen molar-refractivity contribution in [2.75, 3.05) is 18.1 Å². The second kappa shape index (κ2) is 11.1. The molecule has 6 rings (SSSR count). The highest BCUT2D eigenvalue weighted by Gasteiger charge is 2.28. The molecule has 5 nitrogen and oxygen atoms in total.